The Kier molecular flexibility index (Phi) is 5.61. The van der Waals surface area contributed by atoms with E-state index >= 15 is 0 Å². The standard InChI is InChI=1S/C30H26N2O3/c1-19-11-15-23(16-12-19)32-27(21-13-17-22(18-14-21)31(2)3)26(29(34)30(32)35)28(33)25-10-6-8-20-7-4-5-9-24(20)25/h4-18,27,33H,1-3H3/b28-26-. The molecule has 1 atom stereocenters. The van der Waals surface area contributed by atoms with E-state index in [1.54, 1.807) is 6.07 Å². The van der Waals surface area contributed by atoms with Crippen LogP contribution in [0.25, 0.3) is 16.5 Å². The van der Waals surface area contributed by atoms with E-state index < -0.39 is 17.7 Å². The number of anilines is 2. The van der Waals surface area contributed by atoms with Crippen LogP contribution in [0.5, 0.6) is 0 Å². The number of Topliss-reactive ketones (excluding diaryl/α,β-unsaturated/α-hetero) is 1. The molecule has 1 unspecified atom stereocenters. The van der Waals surface area contributed by atoms with Gasteiger partial charge in [-0.05, 0) is 47.5 Å². The number of carbonyl (C=O) groups is 2. The first-order valence-corrected chi connectivity index (χ1v) is 11.5. The number of ketones is 1. The van der Waals surface area contributed by atoms with Crippen molar-refractivity contribution in [1.29, 1.82) is 0 Å². The molecule has 5 rings (SSSR count). The average Bonchev–Trinajstić information content (AvgIpc) is 3.14. The van der Waals surface area contributed by atoms with Gasteiger partial charge in [0, 0.05) is 31.0 Å². The summed E-state index contributed by atoms with van der Waals surface area (Å²) in [7, 11) is 3.90. The molecule has 0 bridgehead atoms. The van der Waals surface area contributed by atoms with E-state index in [2.05, 4.69) is 0 Å². The summed E-state index contributed by atoms with van der Waals surface area (Å²) in [6, 6.07) is 27.7. The van der Waals surface area contributed by atoms with Gasteiger partial charge >= 0.3 is 0 Å². The summed E-state index contributed by atoms with van der Waals surface area (Å²) in [4.78, 5) is 30.3. The van der Waals surface area contributed by atoms with Crippen LogP contribution < -0.4 is 9.80 Å². The number of nitrogens with zero attached hydrogens (tertiary/aromatic N) is 2. The van der Waals surface area contributed by atoms with Gasteiger partial charge in [0.1, 0.15) is 5.76 Å². The molecular formula is C30H26N2O3. The topological polar surface area (TPSA) is 60.9 Å². The number of carbonyl (C=O) groups excluding carboxylic acids is 2. The second-order valence-electron chi connectivity index (χ2n) is 9.02. The van der Waals surface area contributed by atoms with Crippen molar-refractivity contribution < 1.29 is 14.7 Å². The fourth-order valence-corrected chi connectivity index (χ4v) is 4.65. The van der Waals surface area contributed by atoms with Crippen LogP contribution in [-0.4, -0.2) is 30.9 Å². The normalized spacial score (nSPS) is 17.2. The van der Waals surface area contributed by atoms with Crippen molar-refractivity contribution in [3.8, 4) is 0 Å². The van der Waals surface area contributed by atoms with E-state index in [0.29, 0.717) is 11.3 Å². The van der Waals surface area contributed by atoms with Gasteiger partial charge in [0.25, 0.3) is 11.7 Å². The molecule has 4 aromatic carbocycles. The lowest BCUT2D eigenvalue weighted by Crippen LogP contribution is -2.29. The van der Waals surface area contributed by atoms with Crippen LogP contribution in [0, 0.1) is 6.92 Å². The minimum Gasteiger partial charge on any atom is -0.507 e. The first kappa shape index (κ1) is 22.4. The van der Waals surface area contributed by atoms with E-state index in [1.165, 1.54) is 4.90 Å². The second-order valence-corrected chi connectivity index (χ2v) is 9.02. The maximum atomic E-state index is 13.4. The summed E-state index contributed by atoms with van der Waals surface area (Å²) in [6.45, 7) is 1.97. The number of hydrogen-bond donors (Lipinski definition) is 1. The molecule has 0 saturated carbocycles. The Hall–Kier alpha value is -4.38. The van der Waals surface area contributed by atoms with Crippen molar-refractivity contribution in [2.75, 3.05) is 23.9 Å². The number of aryl methyl sites for hydroxylation is 1. The van der Waals surface area contributed by atoms with Gasteiger partial charge in [-0.1, -0.05) is 72.3 Å². The van der Waals surface area contributed by atoms with Gasteiger partial charge in [0.15, 0.2) is 0 Å². The Morgan fingerprint density at radius 1 is 0.829 bits per heavy atom. The molecule has 35 heavy (non-hydrogen) atoms. The molecule has 0 aromatic heterocycles. The SMILES string of the molecule is Cc1ccc(N2C(=O)C(=O)/C(=C(\O)c3cccc4ccccc34)C2c2ccc(N(C)C)cc2)cc1. The highest BCUT2D eigenvalue weighted by Crippen LogP contribution is 2.43. The quantitative estimate of drug-likeness (QED) is 0.235. The molecule has 1 aliphatic heterocycles. The Morgan fingerprint density at radius 3 is 2.17 bits per heavy atom. The number of hydrogen-bond acceptors (Lipinski definition) is 4. The van der Waals surface area contributed by atoms with Crippen molar-refractivity contribution in [3.05, 3.63) is 113 Å². The fraction of sp³-hybridized carbons (Fsp3) is 0.133. The molecule has 1 saturated heterocycles. The molecule has 1 fully saturated rings. The molecule has 4 aromatic rings. The van der Waals surface area contributed by atoms with E-state index in [-0.39, 0.29) is 11.3 Å². The van der Waals surface area contributed by atoms with Gasteiger partial charge in [0.05, 0.1) is 11.6 Å². The lowest BCUT2D eigenvalue weighted by Gasteiger charge is -2.26. The Bertz CT molecular complexity index is 1460. The summed E-state index contributed by atoms with van der Waals surface area (Å²) >= 11 is 0. The van der Waals surface area contributed by atoms with Gasteiger partial charge in [-0.2, -0.15) is 0 Å². The van der Waals surface area contributed by atoms with Crippen LogP contribution in [0.3, 0.4) is 0 Å². The third-order valence-corrected chi connectivity index (χ3v) is 6.53. The van der Waals surface area contributed by atoms with Gasteiger partial charge in [-0.25, -0.2) is 0 Å². The molecule has 5 heteroatoms. The Morgan fingerprint density at radius 2 is 1.49 bits per heavy atom. The van der Waals surface area contributed by atoms with Crippen molar-refractivity contribution >= 4 is 39.6 Å². The maximum absolute atomic E-state index is 13.4. The van der Waals surface area contributed by atoms with Crippen LogP contribution in [0.4, 0.5) is 11.4 Å². The van der Waals surface area contributed by atoms with E-state index in [4.69, 9.17) is 0 Å². The summed E-state index contributed by atoms with van der Waals surface area (Å²) in [5, 5.41) is 13.3. The first-order chi connectivity index (χ1) is 16.9. The first-order valence-electron chi connectivity index (χ1n) is 11.5. The zero-order chi connectivity index (χ0) is 24.7. The number of aliphatic hydroxyl groups excluding tert-OH is 1. The number of aliphatic hydroxyl groups is 1. The third kappa shape index (κ3) is 3.85. The molecule has 1 aliphatic rings. The van der Waals surface area contributed by atoms with E-state index in [0.717, 1.165) is 27.6 Å². The van der Waals surface area contributed by atoms with Gasteiger partial charge < -0.3 is 10.0 Å². The number of amides is 1. The van der Waals surface area contributed by atoms with Gasteiger partial charge in [-0.15, -0.1) is 0 Å². The van der Waals surface area contributed by atoms with Crippen molar-refractivity contribution in [1.82, 2.24) is 0 Å². The van der Waals surface area contributed by atoms with Crippen LogP contribution in [0.15, 0.2) is 96.6 Å². The highest BCUT2D eigenvalue weighted by atomic mass is 16.3. The van der Waals surface area contributed by atoms with E-state index in [9.17, 15) is 14.7 Å². The highest BCUT2D eigenvalue weighted by molar-refractivity contribution is 6.51. The Labute approximate surface area is 204 Å². The molecule has 0 spiro atoms. The third-order valence-electron chi connectivity index (χ3n) is 6.53. The van der Waals surface area contributed by atoms with Crippen LogP contribution >= 0.6 is 0 Å². The minimum atomic E-state index is -0.757. The smallest absolute Gasteiger partial charge is 0.300 e. The molecule has 1 N–H and O–H groups in total. The summed E-state index contributed by atoms with van der Waals surface area (Å²) in [6.07, 6.45) is 0. The van der Waals surface area contributed by atoms with Gasteiger partial charge in [0.2, 0.25) is 0 Å². The largest absolute Gasteiger partial charge is 0.507 e. The monoisotopic (exact) mass is 462 g/mol. The number of rotatable bonds is 4. The molecular weight excluding hydrogens is 436 g/mol. The highest BCUT2D eigenvalue weighted by Gasteiger charge is 2.47. The summed E-state index contributed by atoms with van der Waals surface area (Å²) < 4.78 is 0. The molecule has 5 nitrogen and oxygen atoms in total. The fourth-order valence-electron chi connectivity index (χ4n) is 4.65. The molecule has 174 valence electrons. The Balaban J connectivity index is 1.75. The van der Waals surface area contributed by atoms with Crippen molar-refractivity contribution in [3.63, 3.8) is 0 Å². The van der Waals surface area contributed by atoms with Crippen LogP contribution in [0.1, 0.15) is 22.7 Å². The maximum Gasteiger partial charge on any atom is 0.300 e. The zero-order valence-electron chi connectivity index (χ0n) is 19.9. The average molecular weight is 463 g/mol. The van der Waals surface area contributed by atoms with Crippen LogP contribution in [-0.2, 0) is 9.59 Å². The number of fused-ring (bicyclic) bond motifs is 1. The second kappa shape index (κ2) is 8.76. The molecule has 0 aliphatic carbocycles. The van der Waals surface area contributed by atoms with Crippen molar-refractivity contribution in [2.24, 2.45) is 0 Å². The lowest BCUT2D eigenvalue weighted by molar-refractivity contribution is -0.132. The predicted molar refractivity (Wildman–Crippen MR) is 141 cm³/mol. The predicted octanol–water partition coefficient (Wildman–Crippen LogP) is 5.84. The van der Waals surface area contributed by atoms with Crippen molar-refractivity contribution in [2.45, 2.75) is 13.0 Å². The molecule has 0 radical (unpaired) electrons. The van der Waals surface area contributed by atoms with Crippen LogP contribution in [0.2, 0.25) is 0 Å². The molecule has 1 amide bonds. The molecule has 1 heterocycles. The summed E-state index contributed by atoms with van der Waals surface area (Å²) in [5.41, 5.74) is 4.01. The zero-order valence-corrected chi connectivity index (χ0v) is 19.9. The summed E-state index contributed by atoms with van der Waals surface area (Å²) in [5.74, 6) is -1.52. The van der Waals surface area contributed by atoms with Gasteiger partial charge in [-0.3, -0.25) is 14.5 Å². The number of benzene rings is 4. The lowest BCUT2D eigenvalue weighted by atomic mass is 9.93. The minimum absolute atomic E-state index is 0.0875. The van der Waals surface area contributed by atoms with E-state index in [1.807, 2.05) is 111 Å².